The molecule has 26 heavy (non-hydrogen) atoms. The molecular weight excluding hydrogens is 324 g/mol. The highest BCUT2D eigenvalue weighted by Gasteiger charge is 2.21. The average molecular weight is 352 g/mol. The van der Waals surface area contributed by atoms with Gasteiger partial charge in [0.25, 0.3) is 5.91 Å². The maximum Gasteiger partial charge on any atom is 0.272 e. The number of nitrogens with one attached hydrogen (secondary N) is 1. The van der Waals surface area contributed by atoms with Crippen molar-refractivity contribution >= 4 is 17.3 Å². The van der Waals surface area contributed by atoms with E-state index in [4.69, 9.17) is 0 Å². The molecule has 5 nitrogen and oxygen atoms in total. The fourth-order valence-corrected chi connectivity index (χ4v) is 3.02. The van der Waals surface area contributed by atoms with Crippen molar-refractivity contribution in [1.82, 2.24) is 14.8 Å². The number of carbonyl (C=O) groups excluding carboxylic acids is 1. The van der Waals surface area contributed by atoms with Crippen LogP contribution in [-0.2, 0) is 5.41 Å². The zero-order chi connectivity index (χ0) is 18.7. The third-order valence-electron chi connectivity index (χ3n) is 4.81. The van der Waals surface area contributed by atoms with Crippen LogP contribution < -0.4 is 5.32 Å². The lowest BCUT2D eigenvalue weighted by atomic mass is 9.87. The zero-order valence-electron chi connectivity index (χ0n) is 16.1. The van der Waals surface area contributed by atoms with Gasteiger partial charge in [-0.3, -0.25) is 9.78 Å². The summed E-state index contributed by atoms with van der Waals surface area (Å²) in [5.74, 6) is 0.00447. The molecule has 1 amide bonds. The molecule has 1 aliphatic rings. The fourth-order valence-electron chi connectivity index (χ4n) is 3.02. The Kier molecular flexibility index (Phi) is 5.28. The van der Waals surface area contributed by atoms with Crippen LogP contribution >= 0.6 is 0 Å². The minimum atomic E-state index is 0.00447. The number of likely N-dealkylation sites (N-methyl/N-ethyl adjacent to an activating group) is 1. The quantitative estimate of drug-likeness (QED) is 0.918. The van der Waals surface area contributed by atoms with Gasteiger partial charge in [-0.25, -0.2) is 0 Å². The SMILES string of the molecule is CN1CCN(C(=O)c2cc(Nc3ccc(C(C)(C)C)cc3)ccn2)CC1. The number of rotatable bonds is 3. The number of piperazine rings is 1. The van der Waals surface area contributed by atoms with Gasteiger partial charge in [-0.1, -0.05) is 32.9 Å². The van der Waals surface area contributed by atoms with Gasteiger partial charge in [-0.15, -0.1) is 0 Å². The van der Waals surface area contributed by atoms with Crippen LogP contribution in [0, 0.1) is 0 Å². The minimum absolute atomic E-state index is 0.00447. The molecule has 2 heterocycles. The molecule has 0 bridgehead atoms. The van der Waals surface area contributed by atoms with E-state index < -0.39 is 0 Å². The molecule has 0 radical (unpaired) electrons. The van der Waals surface area contributed by atoms with Gasteiger partial charge in [0.1, 0.15) is 5.69 Å². The van der Waals surface area contributed by atoms with Crippen LogP contribution in [0.25, 0.3) is 0 Å². The smallest absolute Gasteiger partial charge is 0.272 e. The van der Waals surface area contributed by atoms with Crippen LogP contribution in [0.15, 0.2) is 42.6 Å². The Hall–Kier alpha value is -2.40. The van der Waals surface area contributed by atoms with Gasteiger partial charge < -0.3 is 15.1 Å². The molecule has 0 atom stereocenters. The normalized spacial score (nSPS) is 15.8. The van der Waals surface area contributed by atoms with Crippen LogP contribution in [0.4, 0.5) is 11.4 Å². The lowest BCUT2D eigenvalue weighted by Crippen LogP contribution is -2.47. The van der Waals surface area contributed by atoms with Crippen molar-refractivity contribution in [2.75, 3.05) is 38.5 Å². The highest BCUT2D eigenvalue weighted by molar-refractivity contribution is 5.93. The van der Waals surface area contributed by atoms with Crippen molar-refractivity contribution in [3.8, 4) is 0 Å². The summed E-state index contributed by atoms with van der Waals surface area (Å²) in [6, 6.07) is 12.1. The Morgan fingerprint density at radius 2 is 1.65 bits per heavy atom. The molecule has 1 N–H and O–H groups in total. The van der Waals surface area contributed by atoms with Gasteiger partial charge in [-0.2, -0.15) is 0 Å². The summed E-state index contributed by atoms with van der Waals surface area (Å²) in [5.41, 5.74) is 3.80. The molecule has 1 fully saturated rings. The van der Waals surface area contributed by atoms with Crippen LogP contribution in [0.5, 0.6) is 0 Å². The molecular formula is C21H28N4O. The average Bonchev–Trinajstić information content (AvgIpc) is 2.62. The van der Waals surface area contributed by atoms with Crippen LogP contribution in [0.3, 0.4) is 0 Å². The van der Waals surface area contributed by atoms with Crippen molar-refractivity contribution < 1.29 is 4.79 Å². The van der Waals surface area contributed by atoms with E-state index in [1.807, 2.05) is 17.0 Å². The van der Waals surface area contributed by atoms with Crippen LogP contribution in [0.2, 0.25) is 0 Å². The molecule has 0 aliphatic carbocycles. The van der Waals surface area contributed by atoms with E-state index in [0.29, 0.717) is 5.69 Å². The number of hydrogen-bond donors (Lipinski definition) is 1. The van der Waals surface area contributed by atoms with Crippen molar-refractivity contribution in [2.24, 2.45) is 0 Å². The minimum Gasteiger partial charge on any atom is -0.355 e. The molecule has 138 valence electrons. The van der Waals surface area contributed by atoms with Gasteiger partial charge in [0.2, 0.25) is 0 Å². The van der Waals surface area contributed by atoms with Gasteiger partial charge in [-0.05, 0) is 42.3 Å². The first-order valence-corrected chi connectivity index (χ1v) is 9.14. The van der Waals surface area contributed by atoms with Crippen LogP contribution in [0.1, 0.15) is 36.8 Å². The number of pyridine rings is 1. The second-order valence-electron chi connectivity index (χ2n) is 7.98. The second-order valence-corrected chi connectivity index (χ2v) is 7.98. The van der Waals surface area contributed by atoms with E-state index in [-0.39, 0.29) is 11.3 Å². The molecule has 0 unspecified atom stereocenters. The Morgan fingerprint density at radius 1 is 1.00 bits per heavy atom. The molecule has 1 saturated heterocycles. The molecule has 2 aromatic rings. The highest BCUT2D eigenvalue weighted by Crippen LogP contribution is 2.25. The van der Waals surface area contributed by atoms with Gasteiger partial charge in [0.05, 0.1) is 0 Å². The first-order valence-electron chi connectivity index (χ1n) is 9.14. The predicted octanol–water partition coefficient (Wildman–Crippen LogP) is 3.51. The summed E-state index contributed by atoms with van der Waals surface area (Å²) in [4.78, 5) is 21.1. The maximum absolute atomic E-state index is 12.7. The van der Waals surface area contributed by atoms with Gasteiger partial charge >= 0.3 is 0 Å². The first-order chi connectivity index (χ1) is 12.3. The van der Waals surface area contributed by atoms with Gasteiger partial charge in [0, 0.05) is 43.8 Å². The molecule has 0 spiro atoms. The number of anilines is 2. The lowest BCUT2D eigenvalue weighted by molar-refractivity contribution is 0.0658. The molecule has 5 heteroatoms. The van der Waals surface area contributed by atoms with E-state index in [1.54, 1.807) is 6.20 Å². The number of carbonyl (C=O) groups is 1. The summed E-state index contributed by atoms with van der Waals surface area (Å²) in [5, 5.41) is 3.37. The molecule has 1 aliphatic heterocycles. The Morgan fingerprint density at radius 3 is 2.27 bits per heavy atom. The van der Waals surface area contributed by atoms with E-state index in [1.165, 1.54) is 5.56 Å². The monoisotopic (exact) mass is 352 g/mol. The van der Waals surface area contributed by atoms with E-state index in [9.17, 15) is 4.79 Å². The topological polar surface area (TPSA) is 48.5 Å². The number of benzene rings is 1. The number of hydrogen-bond acceptors (Lipinski definition) is 4. The molecule has 1 aromatic carbocycles. The van der Waals surface area contributed by atoms with Crippen LogP contribution in [-0.4, -0.2) is 53.9 Å². The molecule has 3 rings (SSSR count). The number of amides is 1. The largest absolute Gasteiger partial charge is 0.355 e. The van der Waals surface area contributed by atoms with E-state index >= 15 is 0 Å². The van der Waals surface area contributed by atoms with E-state index in [0.717, 1.165) is 37.6 Å². The van der Waals surface area contributed by atoms with Gasteiger partial charge in [0.15, 0.2) is 0 Å². The highest BCUT2D eigenvalue weighted by atomic mass is 16.2. The van der Waals surface area contributed by atoms with Crippen molar-refractivity contribution in [1.29, 1.82) is 0 Å². The third-order valence-corrected chi connectivity index (χ3v) is 4.81. The maximum atomic E-state index is 12.7. The van der Waals surface area contributed by atoms with E-state index in [2.05, 4.69) is 67.3 Å². The summed E-state index contributed by atoms with van der Waals surface area (Å²) in [7, 11) is 2.08. The summed E-state index contributed by atoms with van der Waals surface area (Å²) >= 11 is 0. The Labute approximate surface area is 156 Å². The third kappa shape index (κ3) is 4.41. The molecule has 1 aromatic heterocycles. The second kappa shape index (κ2) is 7.46. The first kappa shape index (κ1) is 18.4. The number of nitrogens with zero attached hydrogens (tertiary/aromatic N) is 3. The summed E-state index contributed by atoms with van der Waals surface area (Å²) < 4.78 is 0. The lowest BCUT2D eigenvalue weighted by Gasteiger charge is -2.32. The van der Waals surface area contributed by atoms with Crippen molar-refractivity contribution in [2.45, 2.75) is 26.2 Å². The standard InChI is InChI=1S/C21H28N4O/c1-21(2,3)16-5-7-17(8-6-16)23-18-9-10-22-19(15-18)20(26)25-13-11-24(4)12-14-25/h5-10,15H,11-14H2,1-4H3,(H,22,23). The van der Waals surface area contributed by atoms with Crippen molar-refractivity contribution in [3.63, 3.8) is 0 Å². The van der Waals surface area contributed by atoms with Crippen molar-refractivity contribution in [3.05, 3.63) is 53.9 Å². The zero-order valence-corrected chi connectivity index (χ0v) is 16.1. The Bertz CT molecular complexity index is 756. The molecule has 0 saturated carbocycles. The fraction of sp³-hybridized carbons (Fsp3) is 0.429. The number of aromatic nitrogens is 1. The summed E-state index contributed by atoms with van der Waals surface area (Å²) in [6.45, 7) is 9.93. The predicted molar refractivity (Wildman–Crippen MR) is 106 cm³/mol. The Balaban J connectivity index is 1.70. The summed E-state index contributed by atoms with van der Waals surface area (Å²) in [6.07, 6.45) is 1.69.